The third-order valence-corrected chi connectivity index (χ3v) is 8.20. The second-order valence-electron chi connectivity index (χ2n) is 11.4. The fourth-order valence-electron chi connectivity index (χ4n) is 5.67. The maximum absolute atomic E-state index is 6.72. The molecule has 0 aliphatic rings. The van der Waals surface area contributed by atoms with E-state index in [-0.39, 0.29) is 0 Å². The van der Waals surface area contributed by atoms with Gasteiger partial charge >= 0.3 is 0 Å². The molecule has 4 rings (SSSR count). The van der Waals surface area contributed by atoms with Gasteiger partial charge in [-0.25, -0.2) is 0 Å². The molecule has 1 heteroatoms. The van der Waals surface area contributed by atoms with Crippen molar-refractivity contribution >= 4 is 0 Å². The average molecular weight is 547 g/mol. The number of ether oxygens (including phenoxy) is 1. The van der Waals surface area contributed by atoms with E-state index in [9.17, 15) is 0 Å². The normalized spacial score (nSPS) is 11.1. The number of hydrogen-bond acceptors (Lipinski definition) is 1. The molecule has 0 radical (unpaired) electrons. The first-order valence-corrected chi connectivity index (χ1v) is 16.3. The first kappa shape index (κ1) is 30.6. The molecule has 0 aromatic heterocycles. The summed E-state index contributed by atoms with van der Waals surface area (Å²) >= 11 is 0. The van der Waals surface area contributed by atoms with Crippen molar-refractivity contribution in [1.29, 1.82) is 0 Å². The van der Waals surface area contributed by atoms with E-state index in [0.717, 1.165) is 31.6 Å². The Kier molecular flexibility index (Phi) is 12.6. The summed E-state index contributed by atoms with van der Waals surface area (Å²) in [4.78, 5) is 0. The Bertz CT molecular complexity index is 1290. The lowest BCUT2D eigenvalue weighted by molar-refractivity contribution is 0.302. The first-order valence-electron chi connectivity index (χ1n) is 16.3. The van der Waals surface area contributed by atoms with Crippen LogP contribution in [-0.4, -0.2) is 6.61 Å². The highest BCUT2D eigenvalue weighted by molar-refractivity contribution is 5.77. The van der Waals surface area contributed by atoms with E-state index in [1.807, 2.05) is 0 Å². The Morgan fingerprint density at radius 1 is 0.439 bits per heavy atom. The lowest BCUT2D eigenvalue weighted by Gasteiger charge is -2.20. The van der Waals surface area contributed by atoms with Crippen molar-refractivity contribution < 1.29 is 4.74 Å². The number of rotatable bonds is 17. The molecular weight excluding hydrogens is 496 g/mol. The van der Waals surface area contributed by atoms with Crippen LogP contribution in [0.5, 0.6) is 5.75 Å². The zero-order chi connectivity index (χ0) is 28.7. The summed E-state index contributed by atoms with van der Waals surface area (Å²) in [6, 6.07) is 33.3. The van der Waals surface area contributed by atoms with E-state index in [2.05, 4.69) is 112 Å². The molecule has 4 aromatic carbocycles. The fraction of sp³-hybridized carbons (Fsp3) is 0.400. The Hall–Kier alpha value is -3.32. The average Bonchev–Trinajstić information content (AvgIpc) is 3.03. The second kappa shape index (κ2) is 16.8. The van der Waals surface area contributed by atoms with Crippen LogP contribution >= 0.6 is 0 Å². The highest BCUT2D eigenvalue weighted by Gasteiger charge is 2.16. The topological polar surface area (TPSA) is 9.23 Å². The number of hydrogen-bond donors (Lipinski definition) is 0. The molecule has 0 heterocycles. The van der Waals surface area contributed by atoms with Gasteiger partial charge < -0.3 is 4.74 Å². The summed E-state index contributed by atoms with van der Waals surface area (Å²) in [6.45, 7) is 7.66. The molecule has 0 bridgehead atoms. The van der Waals surface area contributed by atoms with Gasteiger partial charge in [0.25, 0.3) is 0 Å². The van der Waals surface area contributed by atoms with Gasteiger partial charge in [-0.15, -0.1) is 0 Å². The monoisotopic (exact) mass is 546 g/mol. The van der Waals surface area contributed by atoms with E-state index in [4.69, 9.17) is 4.74 Å². The van der Waals surface area contributed by atoms with Gasteiger partial charge in [0, 0.05) is 5.56 Å². The minimum absolute atomic E-state index is 0.807. The summed E-state index contributed by atoms with van der Waals surface area (Å²) in [5.41, 5.74) is 10.4. The van der Waals surface area contributed by atoms with E-state index in [0.29, 0.717) is 0 Å². The van der Waals surface area contributed by atoms with Crippen molar-refractivity contribution in [1.82, 2.24) is 0 Å². The molecule has 4 aromatic rings. The molecule has 0 aliphatic heterocycles. The summed E-state index contributed by atoms with van der Waals surface area (Å²) in [7, 11) is 0. The van der Waals surface area contributed by atoms with Crippen molar-refractivity contribution in [2.75, 3.05) is 6.61 Å². The van der Waals surface area contributed by atoms with Crippen LogP contribution in [0.4, 0.5) is 0 Å². The molecule has 41 heavy (non-hydrogen) atoms. The molecule has 0 saturated carbocycles. The Morgan fingerprint density at radius 3 is 1.56 bits per heavy atom. The zero-order valence-corrected chi connectivity index (χ0v) is 25.8. The van der Waals surface area contributed by atoms with Crippen LogP contribution in [0.25, 0.3) is 33.4 Å². The summed E-state index contributed by atoms with van der Waals surface area (Å²) in [5.74, 6) is 1.14. The van der Waals surface area contributed by atoms with Crippen LogP contribution in [0.1, 0.15) is 96.1 Å². The first-order chi connectivity index (χ1) is 20.2. The van der Waals surface area contributed by atoms with Crippen molar-refractivity contribution in [3.05, 3.63) is 102 Å². The SMILES string of the molecule is CCCCCCCCOc1c(-c2ccc(-c3ccc(-c4ccccc4)cc3)cc2)ccc(CCCC)c1CCCC. The van der Waals surface area contributed by atoms with Crippen molar-refractivity contribution in [3.63, 3.8) is 0 Å². The zero-order valence-electron chi connectivity index (χ0n) is 25.8. The maximum atomic E-state index is 6.72. The van der Waals surface area contributed by atoms with Gasteiger partial charge in [0.05, 0.1) is 6.61 Å². The van der Waals surface area contributed by atoms with Crippen LogP contribution in [0, 0.1) is 0 Å². The standard InChI is InChI=1S/C40H50O/c1-4-7-10-11-12-16-31-41-40-38(20-9-6-3)36(17-8-5-2)29-30-39(40)37-27-25-35(26-28-37)34-23-21-33(22-24-34)32-18-14-13-15-19-32/h13-15,18-19,21-30H,4-12,16-17,20,31H2,1-3H3. The molecule has 0 atom stereocenters. The molecular formula is C40H50O. The van der Waals surface area contributed by atoms with Crippen molar-refractivity contribution in [2.24, 2.45) is 0 Å². The molecule has 0 spiro atoms. The predicted octanol–water partition coefficient (Wildman–Crippen LogP) is 12.1. The number of benzene rings is 4. The Morgan fingerprint density at radius 2 is 0.951 bits per heavy atom. The smallest absolute Gasteiger partial charge is 0.130 e. The molecule has 0 unspecified atom stereocenters. The summed E-state index contributed by atoms with van der Waals surface area (Å²) < 4.78 is 6.72. The largest absolute Gasteiger partial charge is 0.493 e. The predicted molar refractivity (Wildman–Crippen MR) is 179 cm³/mol. The molecule has 0 aliphatic carbocycles. The van der Waals surface area contributed by atoms with Gasteiger partial charge in [-0.2, -0.15) is 0 Å². The molecule has 1 nitrogen and oxygen atoms in total. The lowest BCUT2D eigenvalue weighted by atomic mass is 9.91. The van der Waals surface area contributed by atoms with E-state index in [1.165, 1.54) is 102 Å². The minimum atomic E-state index is 0.807. The second-order valence-corrected chi connectivity index (χ2v) is 11.4. The minimum Gasteiger partial charge on any atom is -0.493 e. The van der Waals surface area contributed by atoms with Gasteiger partial charge in [0.1, 0.15) is 5.75 Å². The Balaban J connectivity index is 1.57. The van der Waals surface area contributed by atoms with E-state index < -0.39 is 0 Å². The highest BCUT2D eigenvalue weighted by atomic mass is 16.5. The van der Waals surface area contributed by atoms with E-state index in [1.54, 1.807) is 0 Å². The molecule has 0 saturated heterocycles. The highest BCUT2D eigenvalue weighted by Crippen LogP contribution is 2.38. The molecule has 216 valence electrons. The fourth-order valence-corrected chi connectivity index (χ4v) is 5.67. The van der Waals surface area contributed by atoms with Crippen LogP contribution in [0.2, 0.25) is 0 Å². The number of unbranched alkanes of at least 4 members (excludes halogenated alkanes) is 7. The maximum Gasteiger partial charge on any atom is 0.130 e. The van der Waals surface area contributed by atoms with Crippen LogP contribution in [0.3, 0.4) is 0 Å². The van der Waals surface area contributed by atoms with E-state index >= 15 is 0 Å². The number of aryl methyl sites for hydroxylation is 1. The van der Waals surface area contributed by atoms with Crippen molar-refractivity contribution in [2.45, 2.75) is 97.8 Å². The lowest BCUT2D eigenvalue weighted by Crippen LogP contribution is -2.06. The van der Waals surface area contributed by atoms with Crippen molar-refractivity contribution in [3.8, 4) is 39.1 Å². The molecule has 0 amide bonds. The van der Waals surface area contributed by atoms with Gasteiger partial charge in [-0.1, -0.05) is 157 Å². The third kappa shape index (κ3) is 8.83. The van der Waals surface area contributed by atoms with Gasteiger partial charge in [0.15, 0.2) is 0 Å². The van der Waals surface area contributed by atoms with Gasteiger partial charge in [0.2, 0.25) is 0 Å². The van der Waals surface area contributed by atoms with Gasteiger partial charge in [-0.05, 0) is 71.0 Å². The summed E-state index contributed by atoms with van der Waals surface area (Å²) in [5, 5.41) is 0. The van der Waals surface area contributed by atoms with Gasteiger partial charge in [-0.3, -0.25) is 0 Å². The van der Waals surface area contributed by atoms with Crippen LogP contribution in [0.15, 0.2) is 91.0 Å². The van der Waals surface area contributed by atoms with Crippen LogP contribution < -0.4 is 4.74 Å². The molecule has 0 N–H and O–H groups in total. The van der Waals surface area contributed by atoms with Crippen LogP contribution in [-0.2, 0) is 12.8 Å². The molecule has 0 fully saturated rings. The Labute approximate surface area is 250 Å². The third-order valence-electron chi connectivity index (χ3n) is 8.20. The quantitative estimate of drug-likeness (QED) is 0.120. The summed E-state index contributed by atoms with van der Waals surface area (Å²) in [6.07, 6.45) is 14.8.